The van der Waals surface area contributed by atoms with Crippen LogP contribution in [0.15, 0.2) is 41.1 Å². The SMILES string of the molecule is O=C(CCc1ccncc1)c1ccc(Br)c(Cl)c1F. The lowest BCUT2D eigenvalue weighted by Crippen LogP contribution is -2.04. The molecule has 1 heterocycles. The molecular formula is C14H10BrClFNO. The van der Waals surface area contributed by atoms with Crippen molar-refractivity contribution in [3.63, 3.8) is 0 Å². The van der Waals surface area contributed by atoms with E-state index < -0.39 is 5.82 Å². The van der Waals surface area contributed by atoms with Crippen LogP contribution in [0.2, 0.25) is 5.02 Å². The van der Waals surface area contributed by atoms with E-state index in [2.05, 4.69) is 20.9 Å². The predicted octanol–water partition coefficient (Wildman–Crippen LogP) is 4.45. The Balaban J connectivity index is 2.11. The Morgan fingerprint density at radius 3 is 2.63 bits per heavy atom. The van der Waals surface area contributed by atoms with Gasteiger partial charge in [0.25, 0.3) is 0 Å². The molecule has 2 aromatic rings. The summed E-state index contributed by atoms with van der Waals surface area (Å²) in [6.07, 6.45) is 4.11. The van der Waals surface area contributed by atoms with Gasteiger partial charge in [-0.2, -0.15) is 0 Å². The first kappa shape index (κ1) is 14.2. The topological polar surface area (TPSA) is 30.0 Å². The first-order valence-corrected chi connectivity index (χ1v) is 6.82. The number of halogens is 3. The lowest BCUT2D eigenvalue weighted by atomic mass is 10.0. The van der Waals surface area contributed by atoms with Gasteiger partial charge >= 0.3 is 0 Å². The summed E-state index contributed by atoms with van der Waals surface area (Å²) in [5.41, 5.74) is 1.02. The quantitative estimate of drug-likeness (QED) is 0.607. The molecule has 0 spiro atoms. The Kier molecular flexibility index (Phi) is 4.66. The highest BCUT2D eigenvalue weighted by atomic mass is 79.9. The van der Waals surface area contributed by atoms with Crippen molar-refractivity contribution in [1.29, 1.82) is 0 Å². The van der Waals surface area contributed by atoms with Crippen molar-refractivity contribution in [2.45, 2.75) is 12.8 Å². The monoisotopic (exact) mass is 341 g/mol. The minimum atomic E-state index is -0.671. The molecule has 0 aliphatic carbocycles. The number of carbonyl (C=O) groups excluding carboxylic acids is 1. The second kappa shape index (κ2) is 6.26. The average Bonchev–Trinajstić information content (AvgIpc) is 2.43. The van der Waals surface area contributed by atoms with Crippen molar-refractivity contribution < 1.29 is 9.18 Å². The van der Waals surface area contributed by atoms with E-state index in [0.29, 0.717) is 10.9 Å². The summed E-state index contributed by atoms with van der Waals surface area (Å²) < 4.78 is 14.3. The number of pyridine rings is 1. The third-order valence-electron chi connectivity index (χ3n) is 2.73. The van der Waals surface area contributed by atoms with E-state index in [1.54, 1.807) is 18.5 Å². The molecule has 0 fully saturated rings. The summed E-state index contributed by atoms with van der Waals surface area (Å²) >= 11 is 8.88. The standard InChI is InChI=1S/C14H10BrClFNO/c15-11-3-2-10(14(17)13(11)16)12(19)4-1-9-5-7-18-8-6-9/h2-3,5-8H,1,4H2. The van der Waals surface area contributed by atoms with E-state index in [9.17, 15) is 9.18 Å². The molecule has 2 nitrogen and oxygen atoms in total. The largest absolute Gasteiger partial charge is 0.294 e. The van der Waals surface area contributed by atoms with Crippen molar-refractivity contribution in [1.82, 2.24) is 4.98 Å². The van der Waals surface area contributed by atoms with E-state index in [1.807, 2.05) is 12.1 Å². The van der Waals surface area contributed by atoms with Crippen LogP contribution in [0.25, 0.3) is 0 Å². The first-order chi connectivity index (χ1) is 9.09. The minimum Gasteiger partial charge on any atom is -0.294 e. The van der Waals surface area contributed by atoms with Crippen molar-refractivity contribution >= 4 is 33.3 Å². The number of aryl methyl sites for hydroxylation is 1. The lowest BCUT2D eigenvalue weighted by Gasteiger charge is -2.05. The van der Waals surface area contributed by atoms with Gasteiger partial charge in [0.15, 0.2) is 11.6 Å². The zero-order valence-electron chi connectivity index (χ0n) is 9.87. The summed E-state index contributed by atoms with van der Waals surface area (Å²) in [5.74, 6) is -0.931. The van der Waals surface area contributed by atoms with Crippen LogP contribution in [0.1, 0.15) is 22.3 Å². The van der Waals surface area contributed by atoms with Crippen LogP contribution in [-0.2, 0) is 6.42 Å². The minimum absolute atomic E-state index is 0.0299. The fourth-order valence-electron chi connectivity index (χ4n) is 1.68. The molecule has 1 aromatic carbocycles. The molecule has 0 saturated heterocycles. The molecule has 0 radical (unpaired) electrons. The molecule has 19 heavy (non-hydrogen) atoms. The summed E-state index contributed by atoms with van der Waals surface area (Å²) in [5, 5.41) is -0.0604. The maximum atomic E-state index is 13.8. The smallest absolute Gasteiger partial charge is 0.166 e. The number of rotatable bonds is 4. The number of hydrogen-bond donors (Lipinski definition) is 0. The molecule has 0 N–H and O–H groups in total. The summed E-state index contributed by atoms with van der Waals surface area (Å²) in [4.78, 5) is 15.9. The van der Waals surface area contributed by atoms with E-state index in [0.717, 1.165) is 5.56 Å². The number of hydrogen-bond acceptors (Lipinski definition) is 2. The average molecular weight is 343 g/mol. The molecule has 5 heteroatoms. The lowest BCUT2D eigenvalue weighted by molar-refractivity contribution is 0.0979. The van der Waals surface area contributed by atoms with Gasteiger partial charge < -0.3 is 0 Å². The van der Waals surface area contributed by atoms with Crippen molar-refractivity contribution in [3.8, 4) is 0 Å². The van der Waals surface area contributed by atoms with E-state index in [4.69, 9.17) is 11.6 Å². The molecule has 2 rings (SSSR count). The molecule has 0 amide bonds. The summed E-state index contributed by atoms with van der Waals surface area (Å²) in [7, 11) is 0. The molecular weight excluding hydrogens is 333 g/mol. The van der Waals surface area contributed by atoms with Gasteiger partial charge in [0.2, 0.25) is 0 Å². The molecule has 98 valence electrons. The fraction of sp³-hybridized carbons (Fsp3) is 0.143. The molecule has 0 atom stereocenters. The number of ketones is 1. The number of Topliss-reactive ketones (excluding diaryl/α,β-unsaturated/α-hetero) is 1. The number of aromatic nitrogens is 1. The molecule has 0 aliphatic heterocycles. The van der Waals surface area contributed by atoms with E-state index >= 15 is 0 Å². The van der Waals surface area contributed by atoms with Crippen molar-refractivity contribution in [3.05, 3.63) is 63.1 Å². The van der Waals surface area contributed by atoms with Crippen LogP contribution >= 0.6 is 27.5 Å². The molecule has 1 aromatic heterocycles. The zero-order chi connectivity index (χ0) is 13.8. The van der Waals surface area contributed by atoms with Gasteiger partial charge in [0.1, 0.15) is 0 Å². The highest BCUT2D eigenvalue weighted by Crippen LogP contribution is 2.28. The molecule has 0 bridgehead atoms. The predicted molar refractivity (Wildman–Crippen MR) is 76.0 cm³/mol. The zero-order valence-corrected chi connectivity index (χ0v) is 12.2. The van der Waals surface area contributed by atoms with Crippen LogP contribution in [0.5, 0.6) is 0 Å². The van der Waals surface area contributed by atoms with Crippen molar-refractivity contribution in [2.75, 3.05) is 0 Å². The normalized spacial score (nSPS) is 10.5. The highest BCUT2D eigenvalue weighted by Gasteiger charge is 2.16. The van der Waals surface area contributed by atoms with Gasteiger partial charge in [-0.05, 0) is 52.2 Å². The summed E-state index contributed by atoms with van der Waals surface area (Å²) in [6, 6.07) is 6.68. The third kappa shape index (κ3) is 3.39. The Hall–Kier alpha value is -1.26. The Morgan fingerprint density at radius 2 is 1.95 bits per heavy atom. The van der Waals surface area contributed by atoms with Gasteiger partial charge in [-0.15, -0.1) is 0 Å². The second-order valence-electron chi connectivity index (χ2n) is 4.00. The van der Waals surface area contributed by atoms with Gasteiger partial charge in [-0.1, -0.05) is 11.6 Å². The van der Waals surface area contributed by atoms with Gasteiger partial charge in [-0.25, -0.2) is 4.39 Å². The number of nitrogens with zero attached hydrogens (tertiary/aromatic N) is 1. The van der Waals surface area contributed by atoms with Gasteiger partial charge in [-0.3, -0.25) is 9.78 Å². The number of carbonyl (C=O) groups is 1. The van der Waals surface area contributed by atoms with E-state index in [-0.39, 0.29) is 22.8 Å². The van der Waals surface area contributed by atoms with Crippen molar-refractivity contribution in [2.24, 2.45) is 0 Å². The van der Waals surface area contributed by atoms with Gasteiger partial charge in [0, 0.05) is 23.3 Å². The molecule has 0 saturated carbocycles. The van der Waals surface area contributed by atoms with Crippen LogP contribution in [-0.4, -0.2) is 10.8 Å². The fourth-order valence-corrected chi connectivity index (χ4v) is 2.15. The number of benzene rings is 1. The molecule has 0 unspecified atom stereocenters. The van der Waals surface area contributed by atoms with Crippen LogP contribution in [0.3, 0.4) is 0 Å². The van der Waals surface area contributed by atoms with Gasteiger partial charge in [0.05, 0.1) is 10.6 Å². The Morgan fingerprint density at radius 1 is 1.26 bits per heavy atom. The Bertz CT molecular complexity index is 604. The summed E-state index contributed by atoms with van der Waals surface area (Å²) in [6.45, 7) is 0. The second-order valence-corrected chi connectivity index (χ2v) is 5.23. The third-order valence-corrected chi connectivity index (χ3v) is 3.98. The van der Waals surface area contributed by atoms with E-state index in [1.165, 1.54) is 6.07 Å². The van der Waals surface area contributed by atoms with Crippen LogP contribution in [0, 0.1) is 5.82 Å². The Labute approximate surface area is 123 Å². The van der Waals surface area contributed by atoms with Crippen LogP contribution < -0.4 is 0 Å². The maximum absolute atomic E-state index is 13.8. The van der Waals surface area contributed by atoms with Crippen LogP contribution in [0.4, 0.5) is 4.39 Å². The molecule has 0 aliphatic rings. The highest BCUT2D eigenvalue weighted by molar-refractivity contribution is 9.10. The first-order valence-electron chi connectivity index (χ1n) is 5.65. The maximum Gasteiger partial charge on any atom is 0.166 e.